The Bertz CT molecular complexity index is 991. The van der Waals surface area contributed by atoms with Crippen LogP contribution in [-0.2, 0) is 19.3 Å². The van der Waals surface area contributed by atoms with Crippen molar-refractivity contribution in [2.24, 2.45) is 0 Å². The first-order valence-corrected chi connectivity index (χ1v) is 11.7. The van der Waals surface area contributed by atoms with Gasteiger partial charge in [0.05, 0.1) is 17.4 Å². The lowest BCUT2D eigenvalue weighted by molar-refractivity contribution is 0.134. The fourth-order valence-corrected chi connectivity index (χ4v) is 4.28. The lowest BCUT2D eigenvalue weighted by atomic mass is 9.97. The van der Waals surface area contributed by atoms with Gasteiger partial charge in [-0.25, -0.2) is 13.4 Å². The van der Waals surface area contributed by atoms with Crippen LogP contribution in [0.1, 0.15) is 43.1 Å². The van der Waals surface area contributed by atoms with Gasteiger partial charge in [-0.05, 0) is 44.4 Å². The molecule has 0 bridgehead atoms. The molecule has 0 aliphatic carbocycles. The van der Waals surface area contributed by atoms with Gasteiger partial charge in [0.1, 0.15) is 5.82 Å². The van der Waals surface area contributed by atoms with Gasteiger partial charge in [0.25, 0.3) is 0 Å². The van der Waals surface area contributed by atoms with Crippen molar-refractivity contribution in [2.75, 3.05) is 36.6 Å². The molecule has 2 N–H and O–H groups in total. The van der Waals surface area contributed by atoms with Gasteiger partial charge in [0, 0.05) is 36.2 Å². The molecule has 0 radical (unpaired) electrons. The van der Waals surface area contributed by atoms with E-state index in [1.54, 1.807) is 19.9 Å². The number of sulfone groups is 1. The Hall–Kier alpha value is -1.90. The van der Waals surface area contributed by atoms with Crippen molar-refractivity contribution in [2.45, 2.75) is 38.0 Å². The molecule has 2 aromatic rings. The van der Waals surface area contributed by atoms with Gasteiger partial charge in [-0.1, -0.05) is 23.7 Å². The molecule has 1 aromatic carbocycles. The third-order valence-electron chi connectivity index (χ3n) is 5.47. The van der Waals surface area contributed by atoms with E-state index in [-0.39, 0.29) is 12.0 Å². The highest BCUT2D eigenvalue weighted by Crippen LogP contribution is 2.37. The van der Waals surface area contributed by atoms with Gasteiger partial charge in [0.2, 0.25) is 5.95 Å². The van der Waals surface area contributed by atoms with Crippen molar-refractivity contribution in [3.63, 3.8) is 0 Å². The minimum Gasteiger partial charge on any atom is -0.379 e. The van der Waals surface area contributed by atoms with Crippen molar-refractivity contribution in [3.05, 3.63) is 46.1 Å². The first kappa shape index (κ1) is 21.8. The number of rotatable bonds is 4. The molecule has 158 valence electrons. The monoisotopic (exact) mass is 438 g/mol. The molecule has 0 saturated carbocycles. The van der Waals surface area contributed by atoms with E-state index in [0.29, 0.717) is 23.8 Å². The number of halogens is 1. The zero-order valence-electron chi connectivity index (χ0n) is 17.1. The summed E-state index contributed by atoms with van der Waals surface area (Å²) in [6.07, 6.45) is 2.08. The summed E-state index contributed by atoms with van der Waals surface area (Å²) in [7, 11) is -3.30. The third-order valence-corrected chi connectivity index (χ3v) is 7.89. The molecule has 1 aromatic heterocycles. The number of nitrogens with zero attached hydrogens (tertiary/aromatic N) is 3. The van der Waals surface area contributed by atoms with Crippen LogP contribution in [-0.4, -0.2) is 44.4 Å². The number of nitrogens with two attached hydrogens (primary N) is 1. The zero-order chi connectivity index (χ0) is 21.4. The van der Waals surface area contributed by atoms with E-state index in [1.807, 2.05) is 25.1 Å². The van der Waals surface area contributed by atoms with Crippen molar-refractivity contribution >= 4 is 33.2 Å². The standard InChI is InChI=1S/C20H27ClN4O3S/c1-13-10-18(24-19(22)23-13)25-8-5-9-28-12-17(25)15-7-6-14(11-16(15)21)20(2,3)29(4,26)27/h6-7,10-11,17H,5,8-9,12H2,1-4H3,(H2,22,23,24). The largest absolute Gasteiger partial charge is 0.379 e. The number of anilines is 2. The van der Waals surface area contributed by atoms with Crippen molar-refractivity contribution in [1.82, 2.24) is 9.97 Å². The first-order valence-electron chi connectivity index (χ1n) is 9.46. The molecule has 0 spiro atoms. The number of hydrogen-bond donors (Lipinski definition) is 1. The second-order valence-corrected chi connectivity index (χ2v) is 10.9. The predicted molar refractivity (Wildman–Crippen MR) is 116 cm³/mol. The van der Waals surface area contributed by atoms with Crippen LogP contribution < -0.4 is 10.6 Å². The number of aromatic nitrogens is 2. The van der Waals surface area contributed by atoms with Crippen molar-refractivity contribution in [3.8, 4) is 0 Å². The lowest BCUT2D eigenvalue weighted by Gasteiger charge is -2.32. The smallest absolute Gasteiger partial charge is 0.222 e. The van der Waals surface area contributed by atoms with E-state index in [0.717, 1.165) is 30.0 Å². The number of aryl methyl sites for hydroxylation is 1. The maximum absolute atomic E-state index is 12.2. The van der Waals surface area contributed by atoms with E-state index < -0.39 is 14.6 Å². The van der Waals surface area contributed by atoms with E-state index in [1.165, 1.54) is 6.26 Å². The van der Waals surface area contributed by atoms with E-state index in [2.05, 4.69) is 14.9 Å². The van der Waals surface area contributed by atoms with Gasteiger partial charge in [0.15, 0.2) is 9.84 Å². The zero-order valence-corrected chi connectivity index (χ0v) is 18.7. The number of nitrogen functional groups attached to an aromatic ring is 1. The summed E-state index contributed by atoms with van der Waals surface area (Å²) in [4.78, 5) is 10.7. The Morgan fingerprint density at radius 1 is 1.28 bits per heavy atom. The Balaban J connectivity index is 2.04. The SMILES string of the molecule is Cc1cc(N2CCCOCC2c2ccc(C(C)(C)S(C)(=O)=O)cc2Cl)nc(N)n1. The van der Waals surface area contributed by atoms with Crippen LogP contribution in [0, 0.1) is 6.92 Å². The highest BCUT2D eigenvalue weighted by atomic mass is 35.5. The highest BCUT2D eigenvalue weighted by molar-refractivity contribution is 7.91. The molecular formula is C20H27ClN4O3S. The number of hydrogen-bond acceptors (Lipinski definition) is 7. The predicted octanol–water partition coefficient (Wildman–Crippen LogP) is 3.27. The first-order chi connectivity index (χ1) is 13.5. The summed E-state index contributed by atoms with van der Waals surface area (Å²) < 4.78 is 29.2. The average molecular weight is 439 g/mol. The Labute approximate surface area is 177 Å². The van der Waals surface area contributed by atoms with Crippen LogP contribution in [0.5, 0.6) is 0 Å². The minimum absolute atomic E-state index is 0.172. The van der Waals surface area contributed by atoms with E-state index in [4.69, 9.17) is 22.1 Å². The van der Waals surface area contributed by atoms with Gasteiger partial charge in [-0.2, -0.15) is 4.98 Å². The van der Waals surface area contributed by atoms with E-state index in [9.17, 15) is 8.42 Å². The Kier molecular flexibility index (Phi) is 6.08. The summed E-state index contributed by atoms with van der Waals surface area (Å²) in [5.41, 5.74) is 8.16. The van der Waals surface area contributed by atoms with Crippen LogP contribution in [0.25, 0.3) is 0 Å². The quantitative estimate of drug-likeness (QED) is 0.781. The molecule has 1 saturated heterocycles. The Morgan fingerprint density at radius 2 is 2.00 bits per heavy atom. The van der Waals surface area contributed by atoms with Crippen LogP contribution in [0.15, 0.2) is 24.3 Å². The lowest BCUT2D eigenvalue weighted by Crippen LogP contribution is -2.32. The molecule has 3 rings (SSSR count). The maximum atomic E-state index is 12.2. The normalized spacial score (nSPS) is 18.5. The van der Waals surface area contributed by atoms with Gasteiger partial charge < -0.3 is 15.4 Å². The van der Waals surface area contributed by atoms with Crippen LogP contribution in [0.4, 0.5) is 11.8 Å². The van der Waals surface area contributed by atoms with Crippen LogP contribution in [0.2, 0.25) is 5.02 Å². The van der Waals surface area contributed by atoms with Gasteiger partial charge in [-0.3, -0.25) is 0 Å². The Morgan fingerprint density at radius 3 is 2.62 bits per heavy atom. The second kappa shape index (κ2) is 8.08. The fraction of sp³-hybridized carbons (Fsp3) is 0.500. The molecular weight excluding hydrogens is 412 g/mol. The maximum Gasteiger partial charge on any atom is 0.222 e. The molecule has 7 nitrogen and oxygen atoms in total. The van der Waals surface area contributed by atoms with Gasteiger partial charge in [-0.15, -0.1) is 0 Å². The molecule has 9 heteroatoms. The summed E-state index contributed by atoms with van der Waals surface area (Å²) in [5.74, 6) is 0.947. The molecule has 2 heterocycles. The number of ether oxygens (including phenoxy) is 1. The van der Waals surface area contributed by atoms with E-state index >= 15 is 0 Å². The molecule has 1 aliphatic rings. The molecule has 1 aliphatic heterocycles. The number of benzene rings is 1. The summed E-state index contributed by atoms with van der Waals surface area (Å²) in [5, 5.41) is 0.499. The van der Waals surface area contributed by atoms with Crippen LogP contribution >= 0.6 is 11.6 Å². The third kappa shape index (κ3) is 4.49. The summed E-state index contributed by atoms with van der Waals surface area (Å²) >= 11 is 6.65. The minimum atomic E-state index is -3.30. The molecule has 29 heavy (non-hydrogen) atoms. The topological polar surface area (TPSA) is 98.4 Å². The molecule has 1 atom stereocenters. The molecule has 1 unspecified atom stereocenters. The summed E-state index contributed by atoms with van der Waals surface area (Å²) in [6, 6.07) is 7.16. The highest BCUT2D eigenvalue weighted by Gasteiger charge is 2.34. The summed E-state index contributed by atoms with van der Waals surface area (Å²) in [6.45, 7) is 7.05. The van der Waals surface area contributed by atoms with Crippen molar-refractivity contribution in [1.29, 1.82) is 0 Å². The molecule has 1 fully saturated rings. The van der Waals surface area contributed by atoms with Gasteiger partial charge >= 0.3 is 0 Å². The molecule has 0 amide bonds. The van der Waals surface area contributed by atoms with Crippen LogP contribution in [0.3, 0.4) is 0 Å². The fourth-order valence-electron chi connectivity index (χ4n) is 3.42. The van der Waals surface area contributed by atoms with Crippen molar-refractivity contribution < 1.29 is 13.2 Å². The second-order valence-electron chi connectivity index (χ2n) is 7.88. The average Bonchev–Trinajstić information content (AvgIpc) is 2.85.